The van der Waals surface area contributed by atoms with E-state index in [1.54, 1.807) is 30.5 Å². The monoisotopic (exact) mass is 495 g/mol. The third kappa shape index (κ3) is 5.07. The van der Waals surface area contributed by atoms with Crippen LogP contribution in [0.5, 0.6) is 0 Å². The van der Waals surface area contributed by atoms with Crippen molar-refractivity contribution < 1.29 is 26.4 Å². The van der Waals surface area contributed by atoms with E-state index in [1.807, 2.05) is 0 Å². The van der Waals surface area contributed by atoms with Crippen LogP contribution < -0.4 is 0 Å². The molecule has 0 aliphatic carbocycles. The molecule has 2 aromatic carbocycles. The molecule has 0 unspecified atom stereocenters. The van der Waals surface area contributed by atoms with Crippen molar-refractivity contribution in [3.63, 3.8) is 0 Å². The second kappa shape index (κ2) is 9.58. The molecule has 0 spiro atoms. The molecule has 0 saturated carbocycles. The number of benzene rings is 2. The van der Waals surface area contributed by atoms with Crippen molar-refractivity contribution >= 4 is 27.5 Å². The second-order valence-corrected chi connectivity index (χ2v) is 9.77. The predicted octanol–water partition coefficient (Wildman–Crippen LogP) is 3.74. The molecule has 4 rings (SSSR count). The number of halogens is 3. The van der Waals surface area contributed by atoms with Gasteiger partial charge in [-0.2, -0.15) is 4.31 Å². The fourth-order valence-electron chi connectivity index (χ4n) is 3.58. The number of carbonyl (C=O) groups is 1. The highest BCUT2D eigenvalue weighted by Gasteiger charge is 2.34. The van der Waals surface area contributed by atoms with Crippen molar-refractivity contribution in [2.24, 2.45) is 0 Å². The lowest BCUT2D eigenvalue weighted by Crippen LogP contribution is -2.50. The summed E-state index contributed by atoms with van der Waals surface area (Å²) in [6.07, 6.45) is 2.00. The molecule has 0 N–H and O–H groups in total. The molecule has 0 bridgehead atoms. The Balaban J connectivity index is 1.32. The van der Waals surface area contributed by atoms with Gasteiger partial charge in [-0.05, 0) is 36.4 Å². The Labute approximate surface area is 194 Å². The molecule has 33 heavy (non-hydrogen) atoms. The van der Waals surface area contributed by atoms with E-state index in [9.17, 15) is 22.0 Å². The first-order valence-corrected chi connectivity index (χ1v) is 12.0. The maximum Gasteiger partial charge on any atom is 0.249 e. The van der Waals surface area contributed by atoms with Gasteiger partial charge in [-0.15, -0.1) is 0 Å². The Morgan fingerprint density at radius 3 is 2.30 bits per heavy atom. The van der Waals surface area contributed by atoms with Gasteiger partial charge >= 0.3 is 0 Å². The minimum absolute atomic E-state index is 0.0540. The number of oxazole rings is 1. The maximum absolute atomic E-state index is 14.0. The molecule has 1 aliphatic heterocycles. The van der Waals surface area contributed by atoms with Crippen molar-refractivity contribution in [3.05, 3.63) is 71.2 Å². The molecule has 3 aromatic rings. The highest BCUT2D eigenvalue weighted by atomic mass is 35.5. The number of hydrogen-bond acceptors (Lipinski definition) is 5. The van der Waals surface area contributed by atoms with E-state index in [2.05, 4.69) is 4.98 Å². The van der Waals surface area contributed by atoms with Gasteiger partial charge in [0.2, 0.25) is 15.9 Å². The summed E-state index contributed by atoms with van der Waals surface area (Å²) >= 11 is 5.88. The first kappa shape index (κ1) is 23.3. The summed E-state index contributed by atoms with van der Waals surface area (Å²) in [6, 6.07) is 9.99. The van der Waals surface area contributed by atoms with Crippen molar-refractivity contribution in [3.8, 4) is 11.3 Å². The van der Waals surface area contributed by atoms with E-state index < -0.39 is 26.6 Å². The fourth-order valence-corrected chi connectivity index (χ4v) is 5.24. The summed E-state index contributed by atoms with van der Waals surface area (Å²) in [5.41, 5.74) is 0.813. The largest absolute Gasteiger partial charge is 0.441 e. The normalized spacial score (nSPS) is 15.1. The first-order valence-electron chi connectivity index (χ1n) is 10.2. The Morgan fingerprint density at radius 2 is 1.67 bits per heavy atom. The lowest BCUT2D eigenvalue weighted by Gasteiger charge is -2.34. The fraction of sp³-hybridized carbons (Fsp3) is 0.273. The minimum Gasteiger partial charge on any atom is -0.441 e. The quantitative estimate of drug-likeness (QED) is 0.520. The zero-order valence-electron chi connectivity index (χ0n) is 17.4. The summed E-state index contributed by atoms with van der Waals surface area (Å²) in [5, 5.41) is 0.607. The van der Waals surface area contributed by atoms with Crippen molar-refractivity contribution in [1.82, 2.24) is 14.2 Å². The van der Waals surface area contributed by atoms with Crippen molar-refractivity contribution in [2.75, 3.05) is 26.2 Å². The van der Waals surface area contributed by atoms with Crippen LogP contribution in [0.3, 0.4) is 0 Å². The summed E-state index contributed by atoms with van der Waals surface area (Å²) in [7, 11) is -4.34. The van der Waals surface area contributed by atoms with Gasteiger partial charge in [0.15, 0.2) is 16.5 Å². The molecule has 1 aromatic heterocycles. The zero-order valence-corrected chi connectivity index (χ0v) is 19.0. The molecular weight excluding hydrogens is 476 g/mol. The number of sulfonamides is 1. The molecule has 11 heteroatoms. The van der Waals surface area contributed by atoms with Gasteiger partial charge in [-0.25, -0.2) is 22.2 Å². The smallest absolute Gasteiger partial charge is 0.249 e. The lowest BCUT2D eigenvalue weighted by molar-refractivity contribution is -0.132. The third-order valence-electron chi connectivity index (χ3n) is 5.34. The van der Waals surface area contributed by atoms with Crippen molar-refractivity contribution in [2.45, 2.75) is 17.7 Å². The lowest BCUT2D eigenvalue weighted by atomic mass is 10.2. The molecular formula is C22H20ClF2N3O4S. The number of carbonyl (C=O) groups excluding carboxylic acids is 1. The first-order chi connectivity index (χ1) is 15.8. The average Bonchev–Trinajstić information content (AvgIpc) is 3.27. The van der Waals surface area contributed by atoms with Gasteiger partial charge < -0.3 is 9.32 Å². The Kier molecular flexibility index (Phi) is 6.78. The zero-order chi connectivity index (χ0) is 23.6. The molecule has 7 nitrogen and oxygen atoms in total. The van der Waals surface area contributed by atoms with Gasteiger partial charge in [0.1, 0.15) is 11.6 Å². The van der Waals surface area contributed by atoms with Crippen LogP contribution in [-0.4, -0.2) is 54.7 Å². The van der Waals surface area contributed by atoms with Crippen LogP contribution in [0.4, 0.5) is 8.78 Å². The number of hydrogen-bond donors (Lipinski definition) is 0. The number of amides is 1. The van der Waals surface area contributed by atoms with Crippen LogP contribution >= 0.6 is 11.6 Å². The molecule has 1 fully saturated rings. The van der Waals surface area contributed by atoms with E-state index in [1.165, 1.54) is 4.90 Å². The van der Waals surface area contributed by atoms with E-state index in [0.717, 1.165) is 28.1 Å². The summed E-state index contributed by atoms with van der Waals surface area (Å²) in [4.78, 5) is 17.3. The Hall–Kier alpha value is -2.82. The number of rotatable bonds is 6. The Morgan fingerprint density at radius 1 is 1.03 bits per heavy atom. The van der Waals surface area contributed by atoms with Crippen LogP contribution in [0, 0.1) is 11.6 Å². The van der Waals surface area contributed by atoms with Gasteiger partial charge in [-0.3, -0.25) is 4.79 Å². The molecule has 2 heterocycles. The van der Waals surface area contributed by atoms with Gasteiger partial charge in [-0.1, -0.05) is 17.7 Å². The number of nitrogens with zero attached hydrogens (tertiary/aromatic N) is 3. The summed E-state index contributed by atoms with van der Waals surface area (Å²) in [5.74, 6) is -1.50. The SMILES string of the molecule is O=C(CCc1ncc(-c2ccc(Cl)cc2)o1)N1CCN(S(=O)(=O)c2c(F)cccc2F)CC1. The highest BCUT2D eigenvalue weighted by molar-refractivity contribution is 7.89. The van der Waals surface area contributed by atoms with Crippen LogP contribution in [0.15, 0.2) is 58.0 Å². The predicted molar refractivity (Wildman–Crippen MR) is 117 cm³/mol. The number of piperazine rings is 1. The van der Waals surface area contributed by atoms with E-state index in [0.29, 0.717) is 16.7 Å². The summed E-state index contributed by atoms with van der Waals surface area (Å²) < 4.78 is 60.0. The molecule has 1 saturated heterocycles. The second-order valence-electron chi connectivity index (χ2n) is 7.46. The molecule has 174 valence electrons. The van der Waals surface area contributed by atoms with Gasteiger partial charge in [0.05, 0.1) is 6.20 Å². The van der Waals surface area contributed by atoms with Crippen LogP contribution in [0.2, 0.25) is 5.02 Å². The summed E-state index contributed by atoms with van der Waals surface area (Å²) in [6.45, 7) is 0.134. The molecule has 0 atom stereocenters. The molecule has 1 amide bonds. The average molecular weight is 496 g/mol. The molecule has 0 radical (unpaired) electrons. The number of aryl methyl sites for hydroxylation is 1. The van der Waals surface area contributed by atoms with Crippen LogP contribution in [-0.2, 0) is 21.2 Å². The third-order valence-corrected chi connectivity index (χ3v) is 7.55. The highest BCUT2D eigenvalue weighted by Crippen LogP contribution is 2.25. The maximum atomic E-state index is 14.0. The topological polar surface area (TPSA) is 83.7 Å². The van der Waals surface area contributed by atoms with Gasteiger partial charge in [0.25, 0.3) is 0 Å². The standard InChI is InChI=1S/C22H20ClF2N3O4S/c23-16-6-4-15(5-7-16)19-14-26-20(32-19)8-9-21(29)27-10-12-28(13-11-27)33(30,31)22-17(24)2-1-3-18(22)25/h1-7,14H,8-13H2. The van der Waals surface area contributed by atoms with E-state index >= 15 is 0 Å². The van der Waals surface area contributed by atoms with E-state index in [4.69, 9.17) is 16.0 Å². The van der Waals surface area contributed by atoms with Gasteiger partial charge in [0, 0.05) is 49.6 Å². The Bertz CT molecular complexity index is 1240. The van der Waals surface area contributed by atoms with Crippen molar-refractivity contribution in [1.29, 1.82) is 0 Å². The molecule has 1 aliphatic rings. The van der Waals surface area contributed by atoms with Crippen LogP contribution in [0.1, 0.15) is 12.3 Å². The number of aromatic nitrogens is 1. The van der Waals surface area contributed by atoms with E-state index in [-0.39, 0.29) is 44.9 Å². The van der Waals surface area contributed by atoms with Crippen LogP contribution in [0.25, 0.3) is 11.3 Å². The minimum atomic E-state index is -4.34.